The van der Waals surface area contributed by atoms with Crippen molar-refractivity contribution in [2.24, 2.45) is 0 Å². The Labute approximate surface area is 170 Å². The lowest BCUT2D eigenvalue weighted by molar-refractivity contribution is -0.0893. The zero-order valence-corrected chi connectivity index (χ0v) is 18.2. The van der Waals surface area contributed by atoms with Gasteiger partial charge in [-0.25, -0.2) is 15.0 Å². The van der Waals surface area contributed by atoms with Crippen molar-refractivity contribution < 1.29 is 9.84 Å². The van der Waals surface area contributed by atoms with E-state index >= 15 is 0 Å². The van der Waals surface area contributed by atoms with E-state index in [0.29, 0.717) is 12.3 Å². The lowest BCUT2D eigenvalue weighted by Crippen LogP contribution is -2.54. The van der Waals surface area contributed by atoms with Crippen molar-refractivity contribution in [2.75, 3.05) is 17.8 Å². The minimum absolute atomic E-state index is 0.155. The third kappa shape index (κ3) is 3.09. The first-order valence-corrected chi connectivity index (χ1v) is 10.8. The van der Waals surface area contributed by atoms with E-state index in [4.69, 9.17) is 14.7 Å². The smallest absolute Gasteiger partial charge is 0.189 e. The molecule has 0 unspecified atom stereocenters. The van der Waals surface area contributed by atoms with E-state index in [1.807, 2.05) is 30.7 Å². The molecule has 1 N–H and O–H groups in total. The van der Waals surface area contributed by atoms with Gasteiger partial charge in [0.25, 0.3) is 0 Å². The van der Waals surface area contributed by atoms with Crippen molar-refractivity contribution in [1.29, 1.82) is 0 Å². The Bertz CT molecular complexity index is 912. The molecule has 2 aliphatic heterocycles. The quantitative estimate of drug-likeness (QED) is 0.621. The zero-order chi connectivity index (χ0) is 20.3. The molecular weight excluding hydrogens is 372 g/mol. The SMILES string of the molecule is CSc1ncc2c(n1)N(c1cccc(C(C)(C)O)n1)[C@@H]1CC(C)(C)OC[C@]21C. The van der Waals surface area contributed by atoms with Gasteiger partial charge in [0.1, 0.15) is 17.2 Å². The van der Waals surface area contributed by atoms with Crippen molar-refractivity contribution in [3.63, 3.8) is 0 Å². The van der Waals surface area contributed by atoms with Crippen LogP contribution in [0.15, 0.2) is 29.6 Å². The fraction of sp³-hybridized carbons (Fsp3) is 0.571. The average Bonchev–Trinajstić information content (AvgIpc) is 2.88. The molecular formula is C21H28N4O2S. The summed E-state index contributed by atoms with van der Waals surface area (Å²) in [5.74, 6) is 1.70. The predicted molar refractivity (Wildman–Crippen MR) is 111 cm³/mol. The summed E-state index contributed by atoms with van der Waals surface area (Å²) in [5, 5.41) is 11.2. The fourth-order valence-electron chi connectivity index (χ4n) is 4.18. The number of hydrogen-bond donors (Lipinski definition) is 1. The normalized spacial score (nSPS) is 26.1. The molecule has 0 spiro atoms. The van der Waals surface area contributed by atoms with Crippen molar-refractivity contribution >= 4 is 23.4 Å². The number of ether oxygens (including phenoxy) is 1. The van der Waals surface area contributed by atoms with Gasteiger partial charge in [-0.1, -0.05) is 24.8 Å². The third-order valence-corrected chi connectivity index (χ3v) is 6.44. The lowest BCUT2D eigenvalue weighted by Gasteiger charge is -2.46. The molecule has 28 heavy (non-hydrogen) atoms. The van der Waals surface area contributed by atoms with Crippen LogP contribution in [0.4, 0.5) is 11.6 Å². The number of thioether (sulfide) groups is 1. The number of anilines is 2. The van der Waals surface area contributed by atoms with Crippen molar-refractivity contribution in [2.45, 2.75) is 68.9 Å². The van der Waals surface area contributed by atoms with E-state index in [2.05, 4.69) is 30.7 Å². The number of rotatable bonds is 3. The van der Waals surface area contributed by atoms with E-state index in [-0.39, 0.29) is 17.1 Å². The van der Waals surface area contributed by atoms with Gasteiger partial charge in [0.05, 0.1) is 23.9 Å². The second kappa shape index (κ2) is 6.40. The third-order valence-electron chi connectivity index (χ3n) is 5.88. The van der Waals surface area contributed by atoms with Crippen molar-refractivity contribution in [1.82, 2.24) is 15.0 Å². The largest absolute Gasteiger partial charge is 0.384 e. The first-order valence-electron chi connectivity index (χ1n) is 9.60. The maximum Gasteiger partial charge on any atom is 0.189 e. The van der Waals surface area contributed by atoms with Gasteiger partial charge >= 0.3 is 0 Å². The summed E-state index contributed by atoms with van der Waals surface area (Å²) < 4.78 is 6.21. The van der Waals surface area contributed by atoms with E-state index in [9.17, 15) is 5.11 Å². The van der Waals surface area contributed by atoms with Crippen LogP contribution in [0.2, 0.25) is 0 Å². The number of pyridine rings is 1. The highest BCUT2D eigenvalue weighted by molar-refractivity contribution is 7.98. The van der Waals surface area contributed by atoms with Gasteiger partial charge < -0.3 is 14.7 Å². The predicted octanol–water partition coefficient (Wildman–Crippen LogP) is 3.80. The van der Waals surface area contributed by atoms with Gasteiger partial charge in [-0.15, -0.1) is 0 Å². The summed E-state index contributed by atoms with van der Waals surface area (Å²) in [4.78, 5) is 16.4. The maximum atomic E-state index is 10.5. The maximum absolute atomic E-state index is 10.5. The van der Waals surface area contributed by atoms with Gasteiger partial charge in [-0.05, 0) is 52.5 Å². The Hall–Kier alpha value is -1.70. The minimum atomic E-state index is -1.01. The highest BCUT2D eigenvalue weighted by atomic mass is 32.2. The summed E-state index contributed by atoms with van der Waals surface area (Å²) in [5.41, 5.74) is 0.293. The molecule has 4 rings (SSSR count). The topological polar surface area (TPSA) is 71.4 Å². The zero-order valence-electron chi connectivity index (χ0n) is 17.4. The average molecular weight is 401 g/mol. The molecule has 0 saturated carbocycles. The molecule has 2 aliphatic rings. The van der Waals surface area contributed by atoms with Crippen LogP contribution >= 0.6 is 11.8 Å². The van der Waals surface area contributed by atoms with Crippen LogP contribution in [0, 0.1) is 0 Å². The molecule has 1 saturated heterocycles. The molecule has 0 radical (unpaired) electrons. The van der Waals surface area contributed by atoms with E-state index < -0.39 is 5.60 Å². The monoisotopic (exact) mass is 400 g/mol. The van der Waals surface area contributed by atoms with Crippen LogP contribution in [-0.2, 0) is 15.8 Å². The molecule has 6 nitrogen and oxygen atoms in total. The number of hydrogen-bond acceptors (Lipinski definition) is 7. The van der Waals surface area contributed by atoms with Crippen LogP contribution in [0.1, 0.15) is 52.3 Å². The lowest BCUT2D eigenvalue weighted by atomic mass is 9.73. The second-order valence-electron chi connectivity index (χ2n) is 9.09. The van der Waals surface area contributed by atoms with Crippen LogP contribution < -0.4 is 4.90 Å². The van der Waals surface area contributed by atoms with E-state index in [0.717, 1.165) is 28.8 Å². The number of aliphatic hydroxyl groups is 1. The molecule has 2 aromatic heterocycles. The van der Waals surface area contributed by atoms with Crippen LogP contribution in [-0.4, -0.2) is 44.6 Å². The molecule has 4 heterocycles. The second-order valence-corrected chi connectivity index (χ2v) is 9.86. The van der Waals surface area contributed by atoms with E-state index in [1.54, 1.807) is 13.8 Å². The van der Waals surface area contributed by atoms with Crippen LogP contribution in [0.25, 0.3) is 0 Å². The number of aromatic nitrogens is 3. The molecule has 1 fully saturated rings. The first kappa shape index (κ1) is 19.6. The molecule has 0 amide bonds. The first-order chi connectivity index (χ1) is 13.0. The summed E-state index contributed by atoms with van der Waals surface area (Å²) in [7, 11) is 0. The van der Waals surface area contributed by atoms with Crippen molar-refractivity contribution in [3.05, 3.63) is 35.7 Å². The van der Waals surface area contributed by atoms with Gasteiger partial charge in [-0.3, -0.25) is 0 Å². The molecule has 0 aliphatic carbocycles. The number of nitrogens with zero attached hydrogens (tertiary/aromatic N) is 4. The van der Waals surface area contributed by atoms with Gasteiger partial charge in [0.2, 0.25) is 0 Å². The standard InChI is InChI=1S/C21H28N4O2S/c1-19(2)10-15-21(5,12-27-19)13-11-22-18(28-6)24-17(13)25(15)16-9-7-8-14(23-16)20(3,4)26/h7-9,11,15,26H,10,12H2,1-6H3/t15-,21-/m1/s1. The molecule has 0 bridgehead atoms. The summed E-state index contributed by atoms with van der Waals surface area (Å²) in [6, 6.07) is 5.96. The number of fused-ring (bicyclic) bond motifs is 3. The van der Waals surface area contributed by atoms with Crippen LogP contribution in [0.3, 0.4) is 0 Å². The van der Waals surface area contributed by atoms with E-state index in [1.165, 1.54) is 11.8 Å². The Morgan fingerprint density at radius 1 is 1.25 bits per heavy atom. The summed E-state index contributed by atoms with van der Waals surface area (Å²) in [6.45, 7) is 10.6. The van der Waals surface area contributed by atoms with Gasteiger partial charge in [-0.2, -0.15) is 0 Å². The van der Waals surface area contributed by atoms with Crippen molar-refractivity contribution in [3.8, 4) is 0 Å². The highest BCUT2D eigenvalue weighted by Gasteiger charge is 2.55. The molecule has 150 valence electrons. The fourth-order valence-corrected chi connectivity index (χ4v) is 4.52. The molecule has 0 aromatic carbocycles. The molecule has 2 atom stereocenters. The Balaban J connectivity index is 1.90. The Morgan fingerprint density at radius 2 is 2.00 bits per heavy atom. The van der Waals surface area contributed by atoms with Crippen LogP contribution in [0.5, 0.6) is 0 Å². The molecule has 7 heteroatoms. The Morgan fingerprint density at radius 3 is 2.68 bits per heavy atom. The molecule has 2 aromatic rings. The minimum Gasteiger partial charge on any atom is -0.384 e. The summed E-state index contributed by atoms with van der Waals surface area (Å²) >= 11 is 1.53. The van der Waals surface area contributed by atoms with Gasteiger partial charge in [0, 0.05) is 17.2 Å². The Kier molecular flexibility index (Phi) is 4.48. The highest BCUT2D eigenvalue weighted by Crippen LogP contribution is 2.52. The summed E-state index contributed by atoms with van der Waals surface area (Å²) in [6.07, 6.45) is 4.78. The van der Waals surface area contributed by atoms with Gasteiger partial charge in [0.15, 0.2) is 5.16 Å².